The predicted octanol–water partition coefficient (Wildman–Crippen LogP) is -1.05. The Labute approximate surface area is 183 Å². The standard InChI is InChI=1S/C22H26N2O8/c1-21(31)8-5-4-6-11(25)12(8)16(26)13-9(21)7-10-15(24(2)3)17(27)14(20(23)30)19(29)22(10,32)18(13)28/h4-6,9-10,13,15,18,25,28-29,31-32H,7H2,1-3H3,(H2,23,30)/t9-,10-,13?,15-,18?,21+,22-/m0/s1. The number of carbonyl (C=O) groups excluding carboxylic acids is 3. The molecule has 4 rings (SSSR count). The number of phenolic OH excluding ortho intramolecular Hbond substituents is 1. The van der Waals surface area contributed by atoms with Crippen LogP contribution in [0.4, 0.5) is 0 Å². The van der Waals surface area contributed by atoms with E-state index in [0.29, 0.717) is 0 Å². The third-order valence-corrected chi connectivity index (χ3v) is 7.47. The molecule has 172 valence electrons. The molecule has 0 bridgehead atoms. The first kappa shape index (κ1) is 22.4. The summed E-state index contributed by atoms with van der Waals surface area (Å²) in [6.07, 6.45) is -2.14. The van der Waals surface area contributed by atoms with Crippen LogP contribution in [0.25, 0.3) is 0 Å². The molecular formula is C22H26N2O8. The number of aromatic hydroxyl groups is 1. The molecule has 0 radical (unpaired) electrons. The molecule has 1 saturated carbocycles. The zero-order chi connectivity index (χ0) is 23.9. The Morgan fingerprint density at radius 2 is 1.75 bits per heavy atom. The van der Waals surface area contributed by atoms with Crippen LogP contribution >= 0.6 is 0 Å². The first-order valence-electron chi connectivity index (χ1n) is 10.2. The zero-order valence-corrected chi connectivity index (χ0v) is 17.8. The average molecular weight is 446 g/mol. The van der Waals surface area contributed by atoms with E-state index in [4.69, 9.17) is 5.73 Å². The van der Waals surface area contributed by atoms with Gasteiger partial charge in [-0.05, 0) is 39.1 Å². The number of fused-ring (bicyclic) bond motifs is 3. The Kier molecular flexibility index (Phi) is 4.80. The number of Topliss-reactive ketones (excluding diaryl/α,β-unsaturated/α-hetero) is 2. The highest BCUT2D eigenvalue weighted by molar-refractivity contribution is 6.22. The number of likely N-dealkylation sites (N-methyl/N-ethyl adjacent to an activating group) is 1. The number of benzene rings is 1. The van der Waals surface area contributed by atoms with Crippen LogP contribution in [0.15, 0.2) is 29.5 Å². The van der Waals surface area contributed by atoms with Crippen molar-refractivity contribution in [2.75, 3.05) is 14.1 Å². The number of ketones is 2. The lowest BCUT2D eigenvalue weighted by molar-refractivity contribution is -0.205. The topological polar surface area (TPSA) is 182 Å². The van der Waals surface area contributed by atoms with Gasteiger partial charge in [-0.25, -0.2) is 0 Å². The quantitative estimate of drug-likeness (QED) is 0.309. The number of rotatable bonds is 2. The smallest absolute Gasteiger partial charge is 0.255 e. The van der Waals surface area contributed by atoms with Gasteiger partial charge in [0.15, 0.2) is 17.2 Å². The number of amides is 1. The van der Waals surface area contributed by atoms with Crippen molar-refractivity contribution in [3.63, 3.8) is 0 Å². The zero-order valence-electron chi connectivity index (χ0n) is 17.8. The summed E-state index contributed by atoms with van der Waals surface area (Å²) in [6, 6.07) is 3.08. The first-order chi connectivity index (χ1) is 14.8. The molecule has 7 atom stereocenters. The Balaban J connectivity index is 1.98. The summed E-state index contributed by atoms with van der Waals surface area (Å²) in [6.45, 7) is 1.44. The number of aliphatic hydroxyl groups excluding tert-OH is 2. The van der Waals surface area contributed by atoms with Crippen molar-refractivity contribution < 1.29 is 39.9 Å². The maximum Gasteiger partial charge on any atom is 0.255 e. The second-order valence-electron chi connectivity index (χ2n) is 9.32. The lowest BCUT2D eigenvalue weighted by atomic mass is 9.50. The van der Waals surface area contributed by atoms with Gasteiger partial charge in [-0.2, -0.15) is 0 Å². The minimum absolute atomic E-state index is 0.142. The van der Waals surface area contributed by atoms with Gasteiger partial charge in [-0.15, -0.1) is 0 Å². The van der Waals surface area contributed by atoms with Gasteiger partial charge in [0.25, 0.3) is 5.91 Å². The minimum atomic E-state index is -2.55. The van der Waals surface area contributed by atoms with Gasteiger partial charge < -0.3 is 31.3 Å². The highest BCUT2D eigenvalue weighted by Crippen LogP contribution is 2.57. The number of hydrogen-bond acceptors (Lipinski definition) is 9. The van der Waals surface area contributed by atoms with Crippen LogP contribution in [-0.4, -0.2) is 79.7 Å². The van der Waals surface area contributed by atoms with Crippen LogP contribution in [-0.2, 0) is 15.2 Å². The van der Waals surface area contributed by atoms with E-state index in [0.717, 1.165) is 0 Å². The van der Waals surface area contributed by atoms with Gasteiger partial charge in [0, 0.05) is 11.8 Å². The fourth-order valence-electron chi connectivity index (χ4n) is 5.97. The molecule has 10 heteroatoms. The van der Waals surface area contributed by atoms with Gasteiger partial charge in [0.2, 0.25) is 0 Å². The molecule has 2 unspecified atom stereocenters. The average Bonchev–Trinajstić information content (AvgIpc) is 2.68. The summed E-state index contributed by atoms with van der Waals surface area (Å²) in [5.74, 6) is -7.84. The van der Waals surface area contributed by atoms with Crippen LogP contribution in [0.1, 0.15) is 29.3 Å². The van der Waals surface area contributed by atoms with Crippen molar-refractivity contribution in [2.24, 2.45) is 23.5 Å². The minimum Gasteiger partial charge on any atom is -0.508 e. The van der Waals surface area contributed by atoms with Crippen LogP contribution in [0.3, 0.4) is 0 Å². The van der Waals surface area contributed by atoms with Crippen LogP contribution in [0.2, 0.25) is 0 Å². The van der Waals surface area contributed by atoms with Crippen molar-refractivity contribution in [3.05, 3.63) is 40.7 Å². The summed E-state index contributed by atoms with van der Waals surface area (Å²) in [5.41, 5.74) is 0.178. The molecule has 3 aliphatic carbocycles. The van der Waals surface area contributed by atoms with Crippen molar-refractivity contribution in [3.8, 4) is 5.75 Å². The maximum absolute atomic E-state index is 13.4. The molecule has 0 spiro atoms. The van der Waals surface area contributed by atoms with E-state index >= 15 is 0 Å². The Bertz CT molecular complexity index is 1080. The fourth-order valence-corrected chi connectivity index (χ4v) is 5.97. The Morgan fingerprint density at radius 3 is 2.31 bits per heavy atom. The van der Waals surface area contributed by atoms with Crippen LogP contribution in [0, 0.1) is 17.8 Å². The van der Waals surface area contributed by atoms with Crippen molar-refractivity contribution in [1.29, 1.82) is 0 Å². The van der Waals surface area contributed by atoms with E-state index in [1.165, 1.54) is 44.1 Å². The highest BCUT2D eigenvalue weighted by atomic mass is 16.4. The molecule has 1 amide bonds. The number of hydrogen-bond donors (Lipinski definition) is 6. The van der Waals surface area contributed by atoms with E-state index in [1.807, 2.05) is 0 Å². The number of primary amides is 1. The van der Waals surface area contributed by atoms with Gasteiger partial charge in [0.1, 0.15) is 23.2 Å². The molecular weight excluding hydrogens is 420 g/mol. The van der Waals surface area contributed by atoms with Gasteiger partial charge in [0.05, 0.1) is 23.1 Å². The number of carbonyl (C=O) groups is 3. The van der Waals surface area contributed by atoms with Crippen LogP contribution in [0.5, 0.6) is 5.75 Å². The number of aliphatic hydroxyl groups is 4. The van der Waals surface area contributed by atoms with E-state index in [9.17, 15) is 39.9 Å². The summed E-state index contributed by atoms with van der Waals surface area (Å²) < 4.78 is 0. The normalized spacial score (nSPS) is 38.9. The molecule has 3 aliphatic rings. The summed E-state index contributed by atoms with van der Waals surface area (Å²) in [5, 5.41) is 55.4. The third kappa shape index (κ3) is 2.57. The van der Waals surface area contributed by atoms with E-state index in [1.54, 1.807) is 0 Å². The molecule has 7 N–H and O–H groups in total. The molecule has 10 nitrogen and oxygen atoms in total. The summed E-state index contributed by atoms with van der Waals surface area (Å²) in [7, 11) is 3.06. The Morgan fingerprint density at radius 1 is 1.12 bits per heavy atom. The number of nitrogens with two attached hydrogens (primary N) is 1. The van der Waals surface area contributed by atoms with Crippen LogP contribution < -0.4 is 5.73 Å². The van der Waals surface area contributed by atoms with Crippen molar-refractivity contribution >= 4 is 17.5 Å². The fraction of sp³-hybridized carbons (Fsp3) is 0.500. The van der Waals surface area contributed by atoms with E-state index in [2.05, 4.69) is 0 Å². The maximum atomic E-state index is 13.4. The molecule has 0 aromatic heterocycles. The summed E-state index contributed by atoms with van der Waals surface area (Å²) >= 11 is 0. The summed E-state index contributed by atoms with van der Waals surface area (Å²) in [4.78, 5) is 39.8. The van der Waals surface area contributed by atoms with E-state index < -0.39 is 75.7 Å². The Hall–Kier alpha value is -2.79. The molecule has 1 aromatic rings. The predicted molar refractivity (Wildman–Crippen MR) is 109 cm³/mol. The first-order valence-corrected chi connectivity index (χ1v) is 10.2. The molecule has 32 heavy (non-hydrogen) atoms. The second-order valence-corrected chi connectivity index (χ2v) is 9.32. The van der Waals surface area contributed by atoms with E-state index in [-0.39, 0.29) is 17.5 Å². The SMILES string of the molecule is CN(C)[C@@H]1C(=O)C(C(N)=O)=C(O)[C@@]2(O)C(O)C3C(=O)c4c(O)cccc4[C@@](C)(O)[C@H]3C[C@@H]12. The monoisotopic (exact) mass is 446 g/mol. The lowest BCUT2D eigenvalue weighted by Gasteiger charge is -2.58. The second kappa shape index (κ2) is 6.85. The molecule has 0 saturated heterocycles. The molecule has 1 aromatic carbocycles. The van der Waals surface area contributed by atoms with Crippen molar-refractivity contribution in [2.45, 2.75) is 36.7 Å². The third-order valence-electron chi connectivity index (χ3n) is 7.47. The number of phenols is 1. The lowest BCUT2D eigenvalue weighted by Crippen LogP contribution is -2.71. The highest BCUT2D eigenvalue weighted by Gasteiger charge is 2.68. The molecule has 1 fully saturated rings. The number of nitrogens with zero attached hydrogens (tertiary/aromatic N) is 1. The molecule has 0 aliphatic heterocycles. The van der Waals surface area contributed by atoms with Gasteiger partial charge in [-0.3, -0.25) is 19.3 Å². The molecule has 0 heterocycles. The van der Waals surface area contributed by atoms with Gasteiger partial charge >= 0.3 is 0 Å². The van der Waals surface area contributed by atoms with Gasteiger partial charge in [-0.1, -0.05) is 12.1 Å². The largest absolute Gasteiger partial charge is 0.508 e. The van der Waals surface area contributed by atoms with Crippen molar-refractivity contribution in [1.82, 2.24) is 4.90 Å².